The summed E-state index contributed by atoms with van der Waals surface area (Å²) in [6.45, 7) is 2.78. The molecule has 90 heavy (non-hydrogen) atoms. The molecule has 1 aromatic heterocycles. The number of rotatable bonds is 8. The molecule has 3 aliphatic heterocycles. The van der Waals surface area contributed by atoms with Gasteiger partial charge in [-0.25, -0.2) is 9.59 Å². The summed E-state index contributed by atoms with van der Waals surface area (Å²) in [4.78, 5) is 46.7. The van der Waals surface area contributed by atoms with E-state index in [1.807, 2.05) is 6.07 Å². The van der Waals surface area contributed by atoms with E-state index < -0.39 is 47.9 Å². The number of methoxy groups -OCH3 is 1. The van der Waals surface area contributed by atoms with Crippen molar-refractivity contribution in [3.63, 3.8) is 0 Å². The van der Waals surface area contributed by atoms with Gasteiger partial charge in [0.05, 0.1) is 25.4 Å². The van der Waals surface area contributed by atoms with Crippen molar-refractivity contribution >= 4 is 35.1 Å². The van der Waals surface area contributed by atoms with Crippen molar-refractivity contribution in [2.24, 2.45) is 35.5 Å². The largest absolute Gasteiger partial charge is 0.483 e. The van der Waals surface area contributed by atoms with Crippen LogP contribution in [0.3, 0.4) is 0 Å². The van der Waals surface area contributed by atoms with Crippen LogP contribution in [0.1, 0.15) is 199 Å². The first-order valence-electron chi connectivity index (χ1n) is 33.7. The number of benzene rings is 5. The second-order valence-electron chi connectivity index (χ2n) is 28.5. The molecular formula is C79H82O11. The predicted octanol–water partition coefficient (Wildman–Crippen LogP) is 14.2. The molecule has 0 unspecified atom stereocenters. The maximum absolute atomic E-state index is 16.1. The van der Waals surface area contributed by atoms with Gasteiger partial charge >= 0.3 is 17.6 Å². The van der Waals surface area contributed by atoms with Gasteiger partial charge in [-0.05, 0) is 211 Å². The molecule has 11 heteroatoms. The maximum Gasteiger partial charge on any atom is 0.340 e. The van der Waals surface area contributed by atoms with Gasteiger partial charge in [-0.2, -0.15) is 0 Å². The highest BCUT2D eigenvalue weighted by Crippen LogP contribution is 2.66. The fraction of sp³-hybridized carbons (Fsp3) is 0.456. The van der Waals surface area contributed by atoms with Crippen LogP contribution in [0.25, 0.3) is 23.1 Å². The van der Waals surface area contributed by atoms with Crippen molar-refractivity contribution in [1.29, 1.82) is 0 Å². The van der Waals surface area contributed by atoms with Crippen LogP contribution in [0.15, 0.2) is 141 Å². The Hall–Kier alpha value is -7.15. The number of carbonyl (C=O) groups is 2. The highest BCUT2D eigenvalue weighted by Gasteiger charge is 2.64. The SMILES string of the molecule is COC[C@@H](CCO)c1c(CO)c2ccc3c(c2oc1=O)[C@H]1OC(=O)C[C@@H]2C[C@H](c4cccc5c4CC[C@H]4CCC[C@H]6C=Cc7ccccc7[C@]546)C=C[C@H]2c2ccc4c(c2)[C@@H]2CCC5=Cc6ccccc6[C@H]6C[C@@H]([C@@H](C2)[C@H]56)[C@](C)(O3)[C@H]1OC(=O)/C(=C(/C)CO)CC4. The maximum atomic E-state index is 16.1. The minimum atomic E-state index is -1.37. The molecule has 10 aliphatic rings. The molecule has 11 nitrogen and oxygen atoms in total. The van der Waals surface area contributed by atoms with Crippen LogP contribution >= 0.6 is 0 Å². The lowest BCUT2D eigenvalue weighted by Crippen LogP contribution is -2.59. The van der Waals surface area contributed by atoms with Gasteiger partial charge in [0.2, 0.25) is 0 Å². The molecule has 1 spiro atoms. The van der Waals surface area contributed by atoms with Crippen molar-refractivity contribution in [3.8, 4) is 5.75 Å². The summed E-state index contributed by atoms with van der Waals surface area (Å²) >= 11 is 0. The van der Waals surface area contributed by atoms with Crippen molar-refractivity contribution < 1.29 is 48.3 Å². The van der Waals surface area contributed by atoms with Crippen molar-refractivity contribution in [1.82, 2.24) is 0 Å². The number of fused-ring (bicyclic) bond motifs is 11. The van der Waals surface area contributed by atoms with Gasteiger partial charge in [-0.1, -0.05) is 127 Å². The molecule has 464 valence electrons. The summed E-state index contributed by atoms with van der Waals surface area (Å²) in [7, 11) is 1.53. The minimum absolute atomic E-state index is 0.0116. The van der Waals surface area contributed by atoms with Gasteiger partial charge in [0.1, 0.15) is 11.3 Å². The Balaban J connectivity index is 0.907. The molecule has 15 atom stereocenters. The smallest absolute Gasteiger partial charge is 0.340 e. The molecule has 0 radical (unpaired) electrons. The van der Waals surface area contributed by atoms with E-state index in [-0.39, 0.29) is 102 Å². The Bertz CT molecular complexity index is 4100. The summed E-state index contributed by atoms with van der Waals surface area (Å²) < 4.78 is 34.3. The molecule has 0 amide bonds. The normalized spacial score (nSPS) is 32.5. The van der Waals surface area contributed by atoms with E-state index >= 15 is 9.59 Å². The van der Waals surface area contributed by atoms with E-state index in [1.165, 1.54) is 82.0 Å². The molecule has 16 rings (SSSR count). The van der Waals surface area contributed by atoms with E-state index in [2.05, 4.69) is 122 Å². The van der Waals surface area contributed by atoms with Crippen LogP contribution in [0.5, 0.6) is 5.75 Å². The Morgan fingerprint density at radius 1 is 0.789 bits per heavy atom. The molecule has 3 saturated carbocycles. The predicted molar refractivity (Wildman–Crippen MR) is 345 cm³/mol. The molecule has 6 aromatic rings. The second-order valence-corrected chi connectivity index (χ2v) is 28.5. The molecular weight excluding hydrogens is 1120 g/mol. The summed E-state index contributed by atoms with van der Waals surface area (Å²) in [5.74, 6) is -0.568. The van der Waals surface area contributed by atoms with Crippen LogP contribution in [0.2, 0.25) is 0 Å². The molecule has 5 aromatic carbocycles. The van der Waals surface area contributed by atoms with Crippen molar-refractivity contribution in [3.05, 3.63) is 215 Å². The van der Waals surface area contributed by atoms with Gasteiger partial charge < -0.3 is 38.7 Å². The summed E-state index contributed by atoms with van der Waals surface area (Å²) in [5.41, 5.74) is 14.1. The third kappa shape index (κ3) is 8.89. The Morgan fingerprint density at radius 3 is 2.47 bits per heavy atom. The average Bonchev–Trinajstić information content (AvgIpc) is 1.08. The number of hydrogen-bond donors (Lipinski definition) is 3. The van der Waals surface area contributed by atoms with Gasteiger partial charge in [-0.3, -0.25) is 4.79 Å². The topological polar surface area (TPSA) is 162 Å². The van der Waals surface area contributed by atoms with Crippen molar-refractivity contribution in [2.45, 2.75) is 163 Å². The first-order valence-corrected chi connectivity index (χ1v) is 33.7. The standard InChI is InChI=1S/C79H82O11/c1-43(40-81)55-27-23-44-18-19-48-36-61(44)49-20-21-50-34-46-11-4-6-14-58(46)62-39-67(63(37-49)70(50)62)78(2)75(89-76(55)84)74(72-68(90-78)31-30-60-64(41-82)71(77(85)88-73(60)72)51(32-33-80)42-86-3)87-69(83)38-52-35-47(24-28-56(48)52)57-15-9-17-66-59(57)29-26-54-13-8-12-53-25-22-45-10-5-7-16-65(45)79(53,54)66/h4-7,9-11,14-19,22,24-25,28,30-31,34,36,47,49,51-54,56,62-63,67,70,74-75,80-82H,8,12-13,20-21,23,26-27,29,32-33,35,37-42H2,1-3H3/b55-43-/t47-,49-,51-,52+,53+,54-,56+,62-,63-,67+,70-,74-,75+,78+,79-/m1/s1. The fourth-order valence-corrected chi connectivity index (χ4v) is 20.6. The minimum Gasteiger partial charge on any atom is -0.483 e. The third-order valence-electron chi connectivity index (χ3n) is 24.4. The molecule has 4 heterocycles. The first kappa shape index (κ1) is 58.0. The van der Waals surface area contributed by atoms with E-state index in [0.29, 0.717) is 65.4 Å². The van der Waals surface area contributed by atoms with Gasteiger partial charge in [0.25, 0.3) is 0 Å². The first-order chi connectivity index (χ1) is 43.9. The highest BCUT2D eigenvalue weighted by atomic mass is 16.6. The Morgan fingerprint density at radius 2 is 1.62 bits per heavy atom. The van der Waals surface area contributed by atoms with Crippen LogP contribution < -0.4 is 10.4 Å². The van der Waals surface area contributed by atoms with Crippen molar-refractivity contribution in [2.75, 3.05) is 26.9 Å². The van der Waals surface area contributed by atoms with Crippen LogP contribution in [0.4, 0.5) is 0 Å². The van der Waals surface area contributed by atoms with E-state index in [9.17, 15) is 20.1 Å². The number of esters is 2. The zero-order valence-electron chi connectivity index (χ0n) is 52.0. The molecule has 7 bridgehead atoms. The average molecular weight is 1210 g/mol. The lowest BCUT2D eigenvalue weighted by molar-refractivity contribution is -0.202. The van der Waals surface area contributed by atoms with E-state index in [1.54, 1.807) is 13.0 Å². The monoisotopic (exact) mass is 1210 g/mol. The van der Waals surface area contributed by atoms with Crippen LogP contribution in [-0.4, -0.2) is 65.9 Å². The number of ether oxygens (including phenoxy) is 4. The number of hydrogen-bond acceptors (Lipinski definition) is 11. The highest BCUT2D eigenvalue weighted by molar-refractivity contribution is 5.91. The van der Waals surface area contributed by atoms with E-state index in [4.69, 9.17) is 23.4 Å². The van der Waals surface area contributed by atoms with Gasteiger partial charge in [-0.15, -0.1) is 0 Å². The fourth-order valence-electron chi connectivity index (χ4n) is 20.6. The Kier molecular flexibility index (Phi) is 14.6. The lowest BCUT2D eigenvalue weighted by atomic mass is 9.48. The van der Waals surface area contributed by atoms with Gasteiger partial charge in [0, 0.05) is 65.7 Å². The summed E-state index contributed by atoms with van der Waals surface area (Å²) in [5, 5.41) is 33.0. The third-order valence-corrected chi connectivity index (χ3v) is 24.4. The number of aryl methyl sites for hydroxylation is 1. The zero-order valence-corrected chi connectivity index (χ0v) is 52.0. The second kappa shape index (κ2) is 22.6. The van der Waals surface area contributed by atoms with Gasteiger partial charge in [0.15, 0.2) is 17.8 Å². The molecule has 0 saturated heterocycles. The number of aliphatic hydroxyl groups excluding tert-OH is 3. The molecule has 3 N–H and O–H groups in total. The number of allylic oxidation sites excluding steroid dienone is 4. The zero-order chi connectivity index (χ0) is 61.3. The number of aliphatic hydroxyl groups is 3. The summed E-state index contributed by atoms with van der Waals surface area (Å²) in [6.07, 6.45) is 20.5. The van der Waals surface area contributed by atoms with Crippen LogP contribution in [0, 0.1) is 35.5 Å². The quantitative estimate of drug-likeness (QED) is 0.0576. The molecule has 3 fully saturated rings. The Labute approximate surface area is 526 Å². The summed E-state index contributed by atoms with van der Waals surface area (Å²) in [6, 6.07) is 35.6. The lowest BCUT2D eigenvalue weighted by Gasteiger charge is -2.55. The van der Waals surface area contributed by atoms with E-state index in [0.717, 1.165) is 37.7 Å². The molecule has 7 aliphatic carbocycles. The number of carbonyl (C=O) groups excluding carboxylic acids is 2. The van der Waals surface area contributed by atoms with Crippen LogP contribution in [-0.2, 0) is 48.7 Å².